The summed E-state index contributed by atoms with van der Waals surface area (Å²) in [5.74, 6) is 1.08. The van der Waals surface area contributed by atoms with Gasteiger partial charge in [-0.2, -0.15) is 0 Å². The van der Waals surface area contributed by atoms with Gasteiger partial charge in [0.1, 0.15) is 28.7 Å². The Kier molecular flexibility index (Phi) is 6.11. The van der Waals surface area contributed by atoms with Gasteiger partial charge in [-0.25, -0.2) is 14.8 Å². The SMILES string of the molecule is CC(C)(C)OC(=O)N1CC(COc2ccc(-c3cn(-c4ccccc4)c4c(Cl)ncnc34)cc2)C1. The van der Waals surface area contributed by atoms with Crippen molar-refractivity contribution in [3.63, 3.8) is 0 Å². The number of ether oxygens (including phenoxy) is 2. The molecule has 1 saturated heterocycles. The highest BCUT2D eigenvalue weighted by Gasteiger charge is 2.34. The molecule has 7 nitrogen and oxygen atoms in total. The highest BCUT2D eigenvalue weighted by molar-refractivity contribution is 6.34. The number of carbonyl (C=O) groups is 1. The van der Waals surface area contributed by atoms with E-state index in [1.54, 1.807) is 4.90 Å². The molecule has 1 aliphatic heterocycles. The molecule has 0 spiro atoms. The van der Waals surface area contributed by atoms with Gasteiger partial charge in [-0.1, -0.05) is 41.9 Å². The van der Waals surface area contributed by atoms with E-state index in [9.17, 15) is 4.79 Å². The summed E-state index contributed by atoms with van der Waals surface area (Å²) in [6.07, 6.45) is 3.26. The van der Waals surface area contributed by atoms with Crippen molar-refractivity contribution >= 4 is 28.7 Å². The molecule has 0 atom stereocenters. The number of para-hydroxylation sites is 1. The first-order chi connectivity index (χ1) is 16.8. The summed E-state index contributed by atoms with van der Waals surface area (Å²) in [7, 11) is 0. The molecule has 2 aromatic carbocycles. The third-order valence-electron chi connectivity index (χ3n) is 5.83. The van der Waals surface area contributed by atoms with Crippen LogP contribution in [0.1, 0.15) is 20.8 Å². The van der Waals surface area contributed by atoms with Gasteiger partial charge in [0, 0.05) is 36.5 Å². The second-order valence-corrected chi connectivity index (χ2v) is 10.1. The van der Waals surface area contributed by atoms with Crippen molar-refractivity contribution in [2.45, 2.75) is 26.4 Å². The van der Waals surface area contributed by atoms with E-state index in [0.717, 1.165) is 33.6 Å². The van der Waals surface area contributed by atoms with Gasteiger partial charge >= 0.3 is 6.09 Å². The maximum absolute atomic E-state index is 12.1. The average Bonchev–Trinajstić information content (AvgIpc) is 3.19. The maximum atomic E-state index is 12.1. The zero-order valence-corrected chi connectivity index (χ0v) is 20.7. The topological polar surface area (TPSA) is 69.5 Å². The Hall–Kier alpha value is -3.58. The first-order valence-electron chi connectivity index (χ1n) is 11.6. The summed E-state index contributed by atoms with van der Waals surface area (Å²) in [6, 6.07) is 17.9. The van der Waals surface area contributed by atoms with Gasteiger partial charge in [0.05, 0.1) is 6.61 Å². The fourth-order valence-corrected chi connectivity index (χ4v) is 4.35. The number of likely N-dealkylation sites (tertiary alicyclic amines) is 1. The van der Waals surface area contributed by atoms with Crippen LogP contribution in [0.15, 0.2) is 67.1 Å². The van der Waals surface area contributed by atoms with Crippen LogP contribution in [-0.2, 0) is 4.74 Å². The van der Waals surface area contributed by atoms with E-state index >= 15 is 0 Å². The van der Waals surface area contributed by atoms with Crippen LogP contribution in [-0.4, -0.2) is 50.8 Å². The monoisotopic (exact) mass is 490 g/mol. The number of carbonyl (C=O) groups excluding carboxylic acids is 1. The molecular weight excluding hydrogens is 464 g/mol. The van der Waals surface area contributed by atoms with Gasteiger partial charge in [0.25, 0.3) is 0 Å². The normalized spacial score (nSPS) is 14.1. The van der Waals surface area contributed by atoms with Gasteiger partial charge in [-0.05, 0) is 50.6 Å². The summed E-state index contributed by atoms with van der Waals surface area (Å²) in [5, 5.41) is 0.408. The molecular formula is C27H27ClN4O3. The van der Waals surface area contributed by atoms with Crippen LogP contribution in [0.2, 0.25) is 5.15 Å². The molecule has 8 heteroatoms. The predicted octanol–water partition coefficient (Wildman–Crippen LogP) is 5.99. The molecule has 0 saturated carbocycles. The molecule has 0 N–H and O–H groups in total. The Balaban J connectivity index is 1.28. The Morgan fingerprint density at radius 1 is 1.06 bits per heavy atom. The fraction of sp³-hybridized carbons (Fsp3) is 0.296. The van der Waals surface area contributed by atoms with Gasteiger partial charge in [0.15, 0.2) is 5.15 Å². The quantitative estimate of drug-likeness (QED) is 0.321. The van der Waals surface area contributed by atoms with Crippen molar-refractivity contribution in [1.29, 1.82) is 0 Å². The minimum absolute atomic E-state index is 0.267. The number of fused-ring (bicyclic) bond motifs is 1. The molecule has 3 heterocycles. The standard InChI is InChI=1S/C27H27ClN4O3/c1-27(2,3)35-26(33)31-13-18(14-31)16-34-21-11-9-19(10-12-21)22-15-32(20-7-5-4-6-8-20)24-23(22)29-17-30-25(24)28/h4-12,15,17-18H,13-14,16H2,1-3H3. The zero-order chi connectivity index (χ0) is 24.6. The van der Waals surface area contributed by atoms with E-state index in [0.29, 0.717) is 30.8 Å². The largest absolute Gasteiger partial charge is 0.493 e. The van der Waals surface area contributed by atoms with Crippen LogP contribution in [0.3, 0.4) is 0 Å². The summed E-state index contributed by atoms with van der Waals surface area (Å²) in [6.45, 7) is 7.45. The number of hydrogen-bond donors (Lipinski definition) is 0. The number of rotatable bonds is 5. The molecule has 5 rings (SSSR count). The van der Waals surface area contributed by atoms with Crippen LogP contribution < -0.4 is 4.74 Å². The van der Waals surface area contributed by atoms with Crippen LogP contribution in [0.5, 0.6) is 5.75 Å². The van der Waals surface area contributed by atoms with Crippen LogP contribution in [0.4, 0.5) is 4.79 Å². The minimum Gasteiger partial charge on any atom is -0.493 e. The summed E-state index contributed by atoms with van der Waals surface area (Å²) in [5.41, 5.74) is 4.04. The average molecular weight is 491 g/mol. The molecule has 1 aliphatic rings. The van der Waals surface area contributed by atoms with Crippen molar-refractivity contribution < 1.29 is 14.3 Å². The van der Waals surface area contributed by atoms with Crippen molar-refractivity contribution in [2.24, 2.45) is 5.92 Å². The lowest BCUT2D eigenvalue weighted by molar-refractivity contribution is -0.00781. The Labute approximate surface area is 209 Å². The van der Waals surface area contributed by atoms with Crippen molar-refractivity contribution in [3.05, 3.63) is 72.3 Å². The molecule has 1 fully saturated rings. The van der Waals surface area contributed by atoms with E-state index in [1.165, 1.54) is 6.33 Å². The van der Waals surface area contributed by atoms with E-state index < -0.39 is 5.60 Å². The number of amides is 1. The Bertz CT molecular complexity index is 1340. The highest BCUT2D eigenvalue weighted by atomic mass is 35.5. The molecule has 0 bridgehead atoms. The fourth-order valence-electron chi connectivity index (χ4n) is 4.12. The molecule has 180 valence electrons. The second-order valence-electron chi connectivity index (χ2n) is 9.70. The van der Waals surface area contributed by atoms with Gasteiger partial charge < -0.3 is 18.9 Å². The molecule has 2 aromatic heterocycles. The second kappa shape index (κ2) is 9.23. The number of aromatic nitrogens is 3. The number of hydrogen-bond acceptors (Lipinski definition) is 5. The maximum Gasteiger partial charge on any atom is 0.410 e. The first kappa shape index (κ1) is 23.2. The molecule has 0 unspecified atom stereocenters. The third-order valence-corrected chi connectivity index (χ3v) is 6.10. The first-order valence-corrected chi connectivity index (χ1v) is 11.9. The van der Waals surface area contributed by atoms with Gasteiger partial charge in [-0.15, -0.1) is 0 Å². The molecule has 0 radical (unpaired) electrons. The smallest absolute Gasteiger partial charge is 0.410 e. The lowest BCUT2D eigenvalue weighted by Crippen LogP contribution is -2.53. The van der Waals surface area contributed by atoms with E-state index in [2.05, 4.69) is 9.97 Å². The van der Waals surface area contributed by atoms with E-state index in [4.69, 9.17) is 21.1 Å². The Morgan fingerprint density at radius 2 is 1.77 bits per heavy atom. The number of nitrogens with zero attached hydrogens (tertiary/aromatic N) is 4. The highest BCUT2D eigenvalue weighted by Crippen LogP contribution is 2.34. The predicted molar refractivity (Wildman–Crippen MR) is 136 cm³/mol. The lowest BCUT2D eigenvalue weighted by Gasteiger charge is -2.39. The van der Waals surface area contributed by atoms with Crippen LogP contribution in [0.25, 0.3) is 27.8 Å². The number of benzene rings is 2. The Morgan fingerprint density at radius 3 is 2.46 bits per heavy atom. The van der Waals surface area contributed by atoms with Crippen molar-refractivity contribution in [2.75, 3.05) is 19.7 Å². The van der Waals surface area contributed by atoms with Gasteiger partial charge in [-0.3, -0.25) is 0 Å². The summed E-state index contributed by atoms with van der Waals surface area (Å²) in [4.78, 5) is 22.5. The van der Waals surface area contributed by atoms with Crippen LogP contribution >= 0.6 is 11.6 Å². The molecule has 35 heavy (non-hydrogen) atoms. The van der Waals surface area contributed by atoms with Crippen LogP contribution in [0, 0.1) is 5.92 Å². The third kappa shape index (κ3) is 4.95. The van der Waals surface area contributed by atoms with E-state index in [1.807, 2.05) is 86.1 Å². The lowest BCUT2D eigenvalue weighted by atomic mass is 10.0. The molecule has 4 aromatic rings. The van der Waals surface area contributed by atoms with Crippen molar-refractivity contribution in [1.82, 2.24) is 19.4 Å². The summed E-state index contributed by atoms with van der Waals surface area (Å²) >= 11 is 6.47. The molecule has 0 aliphatic carbocycles. The minimum atomic E-state index is -0.481. The summed E-state index contributed by atoms with van der Waals surface area (Å²) < 4.78 is 13.4. The van der Waals surface area contributed by atoms with E-state index in [-0.39, 0.29) is 6.09 Å². The van der Waals surface area contributed by atoms with Crippen molar-refractivity contribution in [3.8, 4) is 22.6 Å². The van der Waals surface area contributed by atoms with Gasteiger partial charge in [0.2, 0.25) is 0 Å². The zero-order valence-electron chi connectivity index (χ0n) is 19.9. The number of halogens is 1. The molecule has 1 amide bonds.